The van der Waals surface area contributed by atoms with E-state index in [1.165, 1.54) is 0 Å². The zero-order chi connectivity index (χ0) is 22.9. The number of nitrogens with zero attached hydrogens (tertiary/aromatic N) is 1. The number of hydrogen-bond acceptors (Lipinski definition) is 3. The van der Waals surface area contributed by atoms with Crippen molar-refractivity contribution in [3.05, 3.63) is 82.3 Å². The van der Waals surface area contributed by atoms with Crippen molar-refractivity contribution in [2.24, 2.45) is 0 Å². The first-order chi connectivity index (χ1) is 15.3. The number of rotatable bonds is 6. The standard InChI is InChI=1S/C25H22Cl2N2O3/c1-3-32-22-6-4-5-18(11-22)17-9-7-16(8-10-17)15-25(2)23(30)29(24(31)28-25)21-13-19(26)12-20(27)14-21/h4-14H,3,15H2,1-2H3,(H,28,31). The predicted octanol–water partition coefficient (Wildman–Crippen LogP) is 6.12. The molecule has 0 radical (unpaired) electrons. The van der Waals surface area contributed by atoms with E-state index >= 15 is 0 Å². The Hall–Kier alpha value is -3.02. The maximum Gasteiger partial charge on any atom is 0.329 e. The number of anilines is 1. The number of halogens is 2. The average molecular weight is 469 g/mol. The van der Waals surface area contributed by atoms with Gasteiger partial charge in [0.25, 0.3) is 5.91 Å². The molecule has 0 aromatic heterocycles. The van der Waals surface area contributed by atoms with Crippen LogP contribution in [0.2, 0.25) is 10.0 Å². The van der Waals surface area contributed by atoms with Gasteiger partial charge in [0, 0.05) is 16.5 Å². The van der Waals surface area contributed by atoms with E-state index < -0.39 is 11.6 Å². The molecule has 1 heterocycles. The van der Waals surface area contributed by atoms with Crippen LogP contribution in [0.1, 0.15) is 19.4 Å². The molecule has 1 atom stereocenters. The van der Waals surface area contributed by atoms with E-state index in [4.69, 9.17) is 27.9 Å². The summed E-state index contributed by atoms with van der Waals surface area (Å²) in [6.07, 6.45) is 0.349. The second-order valence-corrected chi connectivity index (χ2v) is 8.74. The third kappa shape index (κ3) is 4.45. The highest BCUT2D eigenvalue weighted by molar-refractivity contribution is 6.35. The summed E-state index contributed by atoms with van der Waals surface area (Å²) in [6.45, 7) is 4.28. The predicted molar refractivity (Wildman–Crippen MR) is 128 cm³/mol. The molecule has 32 heavy (non-hydrogen) atoms. The molecule has 1 aliphatic heterocycles. The van der Waals surface area contributed by atoms with Crippen LogP contribution in [0, 0.1) is 0 Å². The van der Waals surface area contributed by atoms with Crippen LogP contribution in [0.15, 0.2) is 66.7 Å². The molecule has 1 saturated heterocycles. The zero-order valence-electron chi connectivity index (χ0n) is 17.7. The third-order valence-corrected chi connectivity index (χ3v) is 5.79. The van der Waals surface area contributed by atoms with Crippen LogP contribution in [0.5, 0.6) is 5.75 Å². The van der Waals surface area contributed by atoms with Gasteiger partial charge in [-0.3, -0.25) is 4.79 Å². The van der Waals surface area contributed by atoms with Crippen LogP contribution >= 0.6 is 23.2 Å². The van der Waals surface area contributed by atoms with Gasteiger partial charge in [-0.15, -0.1) is 0 Å². The van der Waals surface area contributed by atoms with E-state index in [1.807, 2.05) is 55.5 Å². The lowest BCUT2D eigenvalue weighted by molar-refractivity contribution is -0.121. The van der Waals surface area contributed by atoms with E-state index in [1.54, 1.807) is 25.1 Å². The Bertz CT molecular complexity index is 1160. The molecule has 1 N–H and O–H groups in total. The van der Waals surface area contributed by atoms with Crippen molar-refractivity contribution < 1.29 is 14.3 Å². The van der Waals surface area contributed by atoms with Crippen molar-refractivity contribution in [1.82, 2.24) is 5.32 Å². The van der Waals surface area contributed by atoms with Crippen molar-refractivity contribution in [2.45, 2.75) is 25.8 Å². The number of hydrogen-bond donors (Lipinski definition) is 1. The Labute approximate surface area is 196 Å². The topological polar surface area (TPSA) is 58.6 Å². The number of benzene rings is 3. The van der Waals surface area contributed by atoms with Crippen molar-refractivity contribution in [1.29, 1.82) is 0 Å². The molecule has 1 unspecified atom stereocenters. The van der Waals surface area contributed by atoms with Crippen LogP contribution in [-0.4, -0.2) is 24.1 Å². The van der Waals surface area contributed by atoms with Gasteiger partial charge in [0.2, 0.25) is 0 Å². The summed E-state index contributed by atoms with van der Waals surface area (Å²) in [5, 5.41) is 3.52. The normalized spacial score (nSPS) is 18.1. The molecule has 3 amide bonds. The van der Waals surface area contributed by atoms with Crippen molar-refractivity contribution in [3.8, 4) is 16.9 Å². The first kappa shape index (κ1) is 22.2. The van der Waals surface area contributed by atoms with Gasteiger partial charge in [-0.2, -0.15) is 0 Å². The van der Waals surface area contributed by atoms with Crippen LogP contribution in [-0.2, 0) is 11.2 Å². The van der Waals surface area contributed by atoms with Crippen LogP contribution < -0.4 is 15.0 Å². The highest BCUT2D eigenvalue weighted by atomic mass is 35.5. The minimum atomic E-state index is -1.08. The number of carbonyl (C=O) groups is 2. The number of amides is 3. The minimum Gasteiger partial charge on any atom is -0.494 e. The van der Waals surface area contributed by atoms with E-state index in [9.17, 15) is 9.59 Å². The smallest absolute Gasteiger partial charge is 0.329 e. The quantitative estimate of drug-likeness (QED) is 0.443. The molecule has 7 heteroatoms. The molecule has 3 aromatic carbocycles. The van der Waals surface area contributed by atoms with Gasteiger partial charge in [-0.05, 0) is 60.9 Å². The molecule has 0 spiro atoms. The lowest BCUT2D eigenvalue weighted by Gasteiger charge is -2.22. The molecule has 0 aliphatic carbocycles. The van der Waals surface area contributed by atoms with Crippen LogP contribution in [0.4, 0.5) is 10.5 Å². The largest absolute Gasteiger partial charge is 0.494 e. The zero-order valence-corrected chi connectivity index (χ0v) is 19.2. The lowest BCUT2D eigenvalue weighted by atomic mass is 9.91. The summed E-state index contributed by atoms with van der Waals surface area (Å²) >= 11 is 12.1. The van der Waals surface area contributed by atoms with Crippen molar-refractivity contribution >= 4 is 40.8 Å². The summed E-state index contributed by atoms with van der Waals surface area (Å²) in [6, 6.07) is 20.0. The molecule has 1 aliphatic rings. The molecule has 5 nitrogen and oxygen atoms in total. The highest BCUT2D eigenvalue weighted by Gasteiger charge is 2.48. The number of urea groups is 1. The molecule has 1 fully saturated rings. The number of ether oxygens (including phenoxy) is 1. The number of nitrogens with one attached hydrogen (secondary N) is 1. The number of carbonyl (C=O) groups excluding carboxylic acids is 2. The summed E-state index contributed by atoms with van der Waals surface area (Å²) < 4.78 is 5.58. The summed E-state index contributed by atoms with van der Waals surface area (Å²) in [7, 11) is 0. The maximum absolute atomic E-state index is 13.2. The molecule has 3 aromatic rings. The SMILES string of the molecule is CCOc1cccc(-c2ccc(CC3(C)NC(=O)N(c4cc(Cl)cc(Cl)c4)C3=O)cc2)c1. The summed E-state index contributed by atoms with van der Waals surface area (Å²) in [4.78, 5) is 26.9. The summed E-state index contributed by atoms with van der Waals surface area (Å²) in [5.41, 5.74) is 2.28. The fourth-order valence-corrected chi connectivity index (χ4v) is 4.38. The molecule has 164 valence electrons. The maximum atomic E-state index is 13.2. The lowest BCUT2D eigenvalue weighted by Crippen LogP contribution is -2.46. The van der Waals surface area contributed by atoms with E-state index in [-0.39, 0.29) is 5.91 Å². The monoisotopic (exact) mass is 468 g/mol. The second kappa shape index (κ2) is 8.85. The van der Waals surface area contributed by atoms with Gasteiger partial charge in [0.15, 0.2) is 0 Å². The Morgan fingerprint density at radius 1 is 0.938 bits per heavy atom. The number of imide groups is 1. The third-order valence-electron chi connectivity index (χ3n) is 5.36. The Kier molecular flexibility index (Phi) is 6.13. The van der Waals surface area contributed by atoms with E-state index in [2.05, 4.69) is 5.32 Å². The molecule has 4 rings (SSSR count). The van der Waals surface area contributed by atoms with Gasteiger partial charge in [0.05, 0.1) is 12.3 Å². The first-order valence-corrected chi connectivity index (χ1v) is 11.0. The molecule has 0 saturated carbocycles. The first-order valence-electron chi connectivity index (χ1n) is 10.2. The average Bonchev–Trinajstić information content (AvgIpc) is 2.96. The van der Waals surface area contributed by atoms with E-state index in [0.29, 0.717) is 28.8 Å². The van der Waals surface area contributed by atoms with E-state index in [0.717, 1.165) is 27.3 Å². The van der Waals surface area contributed by atoms with Gasteiger partial charge in [-0.1, -0.05) is 59.6 Å². The minimum absolute atomic E-state index is 0.346. The van der Waals surface area contributed by atoms with Crippen LogP contribution in [0.25, 0.3) is 11.1 Å². The van der Waals surface area contributed by atoms with Gasteiger partial charge >= 0.3 is 6.03 Å². The summed E-state index contributed by atoms with van der Waals surface area (Å²) in [5.74, 6) is 0.469. The fourth-order valence-electron chi connectivity index (χ4n) is 3.86. The highest BCUT2D eigenvalue weighted by Crippen LogP contribution is 2.32. The van der Waals surface area contributed by atoms with Crippen LogP contribution in [0.3, 0.4) is 0 Å². The fraction of sp³-hybridized carbons (Fsp3) is 0.200. The van der Waals surface area contributed by atoms with Crippen molar-refractivity contribution in [2.75, 3.05) is 11.5 Å². The van der Waals surface area contributed by atoms with Gasteiger partial charge in [-0.25, -0.2) is 9.69 Å². The van der Waals surface area contributed by atoms with Crippen molar-refractivity contribution in [3.63, 3.8) is 0 Å². The van der Waals surface area contributed by atoms with Gasteiger partial charge in [0.1, 0.15) is 11.3 Å². The molecular formula is C25H22Cl2N2O3. The van der Waals surface area contributed by atoms with Gasteiger partial charge < -0.3 is 10.1 Å². The molecular weight excluding hydrogens is 447 g/mol. The molecule has 0 bridgehead atoms. The Balaban J connectivity index is 1.54. The second-order valence-electron chi connectivity index (χ2n) is 7.87. The Morgan fingerprint density at radius 2 is 1.62 bits per heavy atom. The Morgan fingerprint density at radius 3 is 2.28 bits per heavy atom.